The smallest absolute Gasteiger partial charge is 0.272 e. The maximum absolute atomic E-state index is 12.4. The summed E-state index contributed by atoms with van der Waals surface area (Å²) in [7, 11) is 0. The molecule has 1 aromatic carbocycles. The number of rotatable bonds is 7. The summed E-state index contributed by atoms with van der Waals surface area (Å²) in [5.74, 6) is -0.819. The molecule has 0 atom stereocenters. The molecule has 0 aliphatic rings. The molecule has 138 valence electrons. The Hall–Kier alpha value is -3.13. The van der Waals surface area contributed by atoms with Gasteiger partial charge in [-0.2, -0.15) is 0 Å². The third-order valence-electron chi connectivity index (χ3n) is 3.85. The Bertz CT molecular complexity index is 909. The highest BCUT2D eigenvalue weighted by Crippen LogP contribution is 2.14. The van der Waals surface area contributed by atoms with E-state index < -0.39 is 5.91 Å². The van der Waals surface area contributed by atoms with Gasteiger partial charge in [0.05, 0.1) is 18.6 Å². The number of amides is 2. The summed E-state index contributed by atoms with van der Waals surface area (Å²) in [6, 6.07) is 13.4. The van der Waals surface area contributed by atoms with Crippen LogP contribution < -0.4 is 10.6 Å². The van der Waals surface area contributed by atoms with Crippen LogP contribution in [0.5, 0.6) is 0 Å². The molecule has 0 aliphatic heterocycles. The van der Waals surface area contributed by atoms with Crippen molar-refractivity contribution in [3.63, 3.8) is 0 Å². The van der Waals surface area contributed by atoms with Crippen LogP contribution in [-0.2, 0) is 13.1 Å². The first-order valence-corrected chi connectivity index (χ1v) is 9.52. The van der Waals surface area contributed by atoms with Gasteiger partial charge in [-0.25, -0.2) is 4.98 Å². The fraction of sp³-hybridized carbons (Fsp3) is 0.158. The van der Waals surface area contributed by atoms with Gasteiger partial charge in [0.2, 0.25) is 0 Å². The van der Waals surface area contributed by atoms with Gasteiger partial charge in [-0.15, -0.1) is 11.8 Å². The van der Waals surface area contributed by atoms with Crippen LogP contribution in [0.15, 0.2) is 59.9 Å². The van der Waals surface area contributed by atoms with Gasteiger partial charge in [0.15, 0.2) is 5.69 Å². The number of imidazole rings is 1. The Balaban J connectivity index is 1.59. The van der Waals surface area contributed by atoms with E-state index >= 15 is 0 Å². The number of aromatic nitrogens is 3. The molecule has 0 saturated carbocycles. The summed E-state index contributed by atoms with van der Waals surface area (Å²) in [5, 5.41) is 5.52. The van der Waals surface area contributed by atoms with Gasteiger partial charge in [-0.05, 0) is 36.1 Å². The normalized spacial score (nSPS) is 10.4. The van der Waals surface area contributed by atoms with E-state index in [1.165, 1.54) is 6.33 Å². The van der Waals surface area contributed by atoms with Crippen molar-refractivity contribution in [3.05, 3.63) is 77.6 Å². The van der Waals surface area contributed by atoms with Crippen molar-refractivity contribution in [1.29, 1.82) is 0 Å². The van der Waals surface area contributed by atoms with Crippen molar-refractivity contribution in [1.82, 2.24) is 25.6 Å². The number of nitrogens with one attached hydrogen (secondary N) is 3. The predicted molar refractivity (Wildman–Crippen MR) is 103 cm³/mol. The van der Waals surface area contributed by atoms with E-state index in [0.29, 0.717) is 6.54 Å². The molecule has 8 heteroatoms. The largest absolute Gasteiger partial charge is 0.347 e. The first-order valence-electron chi connectivity index (χ1n) is 8.30. The summed E-state index contributed by atoms with van der Waals surface area (Å²) < 4.78 is 0. The zero-order chi connectivity index (χ0) is 19.1. The number of hydrogen-bond donors (Lipinski definition) is 3. The van der Waals surface area contributed by atoms with Gasteiger partial charge in [0.1, 0.15) is 5.69 Å². The molecule has 0 fully saturated rings. The molecule has 2 aromatic heterocycles. The van der Waals surface area contributed by atoms with E-state index in [1.807, 2.05) is 36.6 Å². The molecule has 27 heavy (non-hydrogen) atoms. The lowest BCUT2D eigenvalue weighted by Crippen LogP contribution is -2.29. The number of aromatic amines is 1. The monoisotopic (exact) mass is 381 g/mol. The molecule has 7 nitrogen and oxygen atoms in total. The second kappa shape index (κ2) is 9.00. The fourth-order valence-corrected chi connectivity index (χ4v) is 2.82. The Morgan fingerprint density at radius 1 is 1.00 bits per heavy atom. The van der Waals surface area contributed by atoms with Crippen LogP contribution >= 0.6 is 11.8 Å². The first-order chi connectivity index (χ1) is 13.2. The van der Waals surface area contributed by atoms with E-state index in [-0.39, 0.29) is 23.8 Å². The van der Waals surface area contributed by atoms with E-state index in [2.05, 4.69) is 25.6 Å². The topological polar surface area (TPSA) is 99.8 Å². The predicted octanol–water partition coefficient (Wildman–Crippen LogP) is 2.39. The molecule has 3 aromatic rings. The van der Waals surface area contributed by atoms with Crippen LogP contribution in [0.25, 0.3) is 0 Å². The zero-order valence-corrected chi connectivity index (χ0v) is 15.5. The van der Waals surface area contributed by atoms with Crippen LogP contribution in [0.4, 0.5) is 0 Å². The maximum atomic E-state index is 12.4. The minimum absolute atomic E-state index is 0.0566. The lowest BCUT2D eigenvalue weighted by Gasteiger charge is -2.07. The number of carbonyl (C=O) groups excluding carboxylic acids is 2. The van der Waals surface area contributed by atoms with Crippen molar-refractivity contribution in [2.24, 2.45) is 0 Å². The average molecular weight is 381 g/mol. The lowest BCUT2D eigenvalue weighted by molar-refractivity contribution is 0.0911. The quantitative estimate of drug-likeness (QED) is 0.546. The van der Waals surface area contributed by atoms with Gasteiger partial charge in [0, 0.05) is 17.6 Å². The Kier molecular flexibility index (Phi) is 6.22. The number of carbonyl (C=O) groups is 2. The summed E-state index contributed by atoms with van der Waals surface area (Å²) in [6.07, 6.45) is 4.99. The molecule has 3 rings (SSSR count). The summed E-state index contributed by atoms with van der Waals surface area (Å²) >= 11 is 1.66. The van der Waals surface area contributed by atoms with Gasteiger partial charge < -0.3 is 15.6 Å². The van der Waals surface area contributed by atoms with Gasteiger partial charge in [0.25, 0.3) is 11.8 Å². The van der Waals surface area contributed by atoms with Gasteiger partial charge in [-0.1, -0.05) is 18.2 Å². The molecule has 0 radical (unpaired) electrons. The Morgan fingerprint density at radius 3 is 2.48 bits per heavy atom. The van der Waals surface area contributed by atoms with Gasteiger partial charge >= 0.3 is 0 Å². The van der Waals surface area contributed by atoms with Crippen molar-refractivity contribution in [2.75, 3.05) is 6.26 Å². The highest BCUT2D eigenvalue weighted by Gasteiger charge is 2.20. The SMILES string of the molecule is CSc1ccc(CNC(=O)c2[nH]cnc2C(=O)NCc2ccccn2)cc1. The third kappa shape index (κ3) is 4.95. The van der Waals surface area contributed by atoms with Crippen LogP contribution in [-0.4, -0.2) is 33.0 Å². The van der Waals surface area contributed by atoms with Crippen LogP contribution in [0.1, 0.15) is 32.2 Å². The summed E-state index contributed by atoms with van der Waals surface area (Å²) in [4.78, 5) is 36.8. The van der Waals surface area contributed by atoms with Crippen LogP contribution in [0, 0.1) is 0 Å². The van der Waals surface area contributed by atoms with E-state index in [9.17, 15) is 9.59 Å². The number of pyridine rings is 1. The van der Waals surface area contributed by atoms with Crippen molar-refractivity contribution in [3.8, 4) is 0 Å². The third-order valence-corrected chi connectivity index (χ3v) is 4.59. The number of nitrogens with zero attached hydrogens (tertiary/aromatic N) is 2. The minimum Gasteiger partial charge on any atom is -0.347 e. The molecule has 0 unspecified atom stereocenters. The molecule has 0 saturated heterocycles. The highest BCUT2D eigenvalue weighted by molar-refractivity contribution is 7.98. The fourth-order valence-electron chi connectivity index (χ4n) is 2.41. The van der Waals surface area contributed by atoms with E-state index in [1.54, 1.807) is 30.1 Å². The summed E-state index contributed by atoms with van der Waals surface area (Å²) in [6.45, 7) is 0.622. The molecule has 0 spiro atoms. The second-order valence-electron chi connectivity index (χ2n) is 5.66. The van der Waals surface area contributed by atoms with Crippen molar-refractivity contribution >= 4 is 23.6 Å². The molecule has 2 heterocycles. The number of thioether (sulfide) groups is 1. The van der Waals surface area contributed by atoms with E-state index in [0.717, 1.165) is 16.2 Å². The van der Waals surface area contributed by atoms with Gasteiger partial charge in [-0.3, -0.25) is 14.6 Å². The molecular weight excluding hydrogens is 362 g/mol. The Labute approximate surface area is 161 Å². The molecular formula is C19H19N5O2S. The number of hydrogen-bond acceptors (Lipinski definition) is 5. The zero-order valence-electron chi connectivity index (χ0n) is 14.7. The standard InChI is InChI=1S/C19H19N5O2S/c1-27-15-7-5-13(6-8-15)10-21-18(25)16-17(24-12-23-16)19(26)22-11-14-4-2-3-9-20-14/h2-9,12H,10-11H2,1H3,(H,21,25)(H,22,26)(H,23,24). The van der Waals surface area contributed by atoms with Crippen molar-refractivity contribution in [2.45, 2.75) is 18.0 Å². The molecule has 0 bridgehead atoms. The molecule has 3 N–H and O–H groups in total. The highest BCUT2D eigenvalue weighted by atomic mass is 32.2. The van der Waals surface area contributed by atoms with Crippen LogP contribution in [0.3, 0.4) is 0 Å². The Morgan fingerprint density at radius 2 is 1.78 bits per heavy atom. The first kappa shape index (κ1) is 18.7. The van der Waals surface area contributed by atoms with Crippen molar-refractivity contribution < 1.29 is 9.59 Å². The summed E-state index contributed by atoms with van der Waals surface area (Å²) in [5.41, 5.74) is 1.89. The molecule has 2 amide bonds. The van der Waals surface area contributed by atoms with E-state index in [4.69, 9.17) is 0 Å². The number of H-pyrrole nitrogens is 1. The molecule has 0 aliphatic carbocycles. The second-order valence-corrected chi connectivity index (χ2v) is 6.54. The van der Waals surface area contributed by atoms with Crippen LogP contribution in [0.2, 0.25) is 0 Å². The minimum atomic E-state index is -0.434. The lowest BCUT2D eigenvalue weighted by atomic mass is 10.2. The average Bonchev–Trinajstić information content (AvgIpc) is 3.21. The maximum Gasteiger partial charge on any atom is 0.272 e. The number of benzene rings is 1.